The fourth-order valence-corrected chi connectivity index (χ4v) is 2.58. The van der Waals surface area contributed by atoms with Crippen molar-refractivity contribution in [1.29, 1.82) is 0 Å². The second kappa shape index (κ2) is 11.9. The summed E-state index contributed by atoms with van der Waals surface area (Å²) in [6.07, 6.45) is 0. The van der Waals surface area contributed by atoms with Crippen LogP contribution in [-0.2, 0) is 10.4 Å². The molecule has 0 aliphatic carbocycles. The molecule has 0 fully saturated rings. The van der Waals surface area contributed by atoms with Crippen LogP contribution in [0.2, 0.25) is 5.02 Å². The summed E-state index contributed by atoms with van der Waals surface area (Å²) >= 11 is 6.02. The Kier molecular flexibility index (Phi) is 10.3. The first-order valence-electron chi connectivity index (χ1n) is 9.33. The van der Waals surface area contributed by atoms with Crippen LogP contribution in [-0.4, -0.2) is 61.2 Å². The van der Waals surface area contributed by atoms with Crippen LogP contribution in [0.25, 0.3) is 0 Å². The van der Waals surface area contributed by atoms with Crippen LogP contribution in [0.3, 0.4) is 0 Å². The lowest BCUT2D eigenvalue weighted by molar-refractivity contribution is -0.869. The van der Waals surface area contributed by atoms with Crippen molar-refractivity contribution in [3.05, 3.63) is 63.2 Å². The second-order valence-corrected chi connectivity index (χ2v) is 9.06. The molecule has 0 amide bonds. The van der Waals surface area contributed by atoms with Crippen LogP contribution in [0.1, 0.15) is 18.5 Å². The number of quaternary nitrogens is 1. The number of rotatable bonds is 8. The fourth-order valence-electron chi connectivity index (χ4n) is 2.37. The number of nitrogens with one attached hydrogen (secondary N) is 1. The van der Waals surface area contributed by atoms with Gasteiger partial charge in [0.15, 0.2) is 0 Å². The van der Waals surface area contributed by atoms with Gasteiger partial charge in [0.25, 0.3) is 5.69 Å². The summed E-state index contributed by atoms with van der Waals surface area (Å²) in [7, 11) is 1.59. The van der Waals surface area contributed by atoms with E-state index in [1.54, 1.807) is 0 Å². The number of benzene rings is 2. The van der Waals surface area contributed by atoms with E-state index in [4.69, 9.17) is 29.1 Å². The summed E-state index contributed by atoms with van der Waals surface area (Å²) in [5, 5.41) is 22.7. The maximum Gasteiger partial charge on any atom is 0.271 e. The Bertz CT molecular complexity index is 1030. The van der Waals surface area contributed by atoms with Crippen molar-refractivity contribution >= 4 is 39.1 Å². The van der Waals surface area contributed by atoms with E-state index in [9.17, 15) is 10.1 Å². The van der Waals surface area contributed by atoms with E-state index in [-0.39, 0.29) is 16.8 Å². The molecule has 0 aliphatic heterocycles. The molecule has 0 saturated carbocycles. The van der Waals surface area contributed by atoms with Gasteiger partial charge in [-0.1, -0.05) is 23.7 Å². The molecule has 2 rings (SSSR count). The molecule has 0 saturated heterocycles. The first-order valence-corrected chi connectivity index (χ1v) is 11.1. The van der Waals surface area contributed by atoms with Gasteiger partial charge in [0.2, 0.25) is 10.4 Å². The van der Waals surface area contributed by atoms with Crippen molar-refractivity contribution in [2.24, 2.45) is 10.2 Å². The van der Waals surface area contributed by atoms with E-state index in [0.29, 0.717) is 11.4 Å². The number of nitrogens with zero attached hydrogens (tertiary/aromatic N) is 4. The summed E-state index contributed by atoms with van der Waals surface area (Å²) in [6, 6.07) is 12.1. The molecule has 13 heteroatoms. The summed E-state index contributed by atoms with van der Waals surface area (Å²) in [4.78, 5) is 10.2. The van der Waals surface area contributed by atoms with Crippen LogP contribution in [0.4, 0.5) is 17.1 Å². The highest BCUT2D eigenvalue weighted by Crippen LogP contribution is 2.30. The van der Waals surface area contributed by atoms with Gasteiger partial charge in [0.05, 0.1) is 43.3 Å². The molecule has 176 valence electrons. The first-order chi connectivity index (χ1) is 14.7. The van der Waals surface area contributed by atoms with Crippen molar-refractivity contribution in [1.82, 2.24) is 5.32 Å². The van der Waals surface area contributed by atoms with E-state index in [1.165, 1.54) is 23.8 Å². The molecule has 0 radical (unpaired) electrons. The molecule has 2 N–H and O–H groups in total. The lowest BCUT2D eigenvalue weighted by Crippen LogP contribution is -2.40. The predicted molar refractivity (Wildman–Crippen MR) is 120 cm³/mol. The van der Waals surface area contributed by atoms with Gasteiger partial charge in [0.1, 0.15) is 5.69 Å². The predicted octanol–water partition coefficient (Wildman–Crippen LogP) is 4.03. The van der Waals surface area contributed by atoms with E-state index < -0.39 is 15.3 Å². The van der Waals surface area contributed by atoms with Crippen LogP contribution < -0.4 is 5.32 Å². The molecule has 0 bridgehead atoms. The molecule has 11 nitrogen and oxygen atoms in total. The Balaban J connectivity index is 0.000000920. The third-order valence-electron chi connectivity index (χ3n) is 4.04. The highest BCUT2D eigenvalue weighted by molar-refractivity contribution is 7.79. The third kappa shape index (κ3) is 11.8. The zero-order valence-electron chi connectivity index (χ0n) is 18.1. The number of nitro groups is 1. The van der Waals surface area contributed by atoms with Gasteiger partial charge in [-0.15, -0.1) is 5.11 Å². The number of halogens is 1. The number of hydrogen-bond donors (Lipinski definition) is 2. The smallest absolute Gasteiger partial charge is 0.271 e. The lowest BCUT2D eigenvalue weighted by Gasteiger charge is -2.25. The molecule has 2 aromatic rings. The van der Waals surface area contributed by atoms with Gasteiger partial charge in [-0.3, -0.25) is 14.7 Å². The zero-order valence-corrected chi connectivity index (χ0v) is 19.7. The van der Waals surface area contributed by atoms with Gasteiger partial charge >= 0.3 is 0 Å². The average Bonchev–Trinajstić information content (AvgIpc) is 2.65. The van der Waals surface area contributed by atoms with Gasteiger partial charge in [0, 0.05) is 24.7 Å². The van der Waals surface area contributed by atoms with Crippen molar-refractivity contribution < 1.29 is 26.9 Å². The molecule has 1 atom stereocenters. The Morgan fingerprint density at radius 2 is 1.72 bits per heavy atom. The lowest BCUT2D eigenvalue weighted by atomic mass is 10.1. The molecule has 0 heterocycles. The van der Waals surface area contributed by atoms with E-state index in [0.717, 1.165) is 17.6 Å². The fraction of sp³-hybridized carbons (Fsp3) is 0.368. The normalized spacial score (nSPS) is 12.8. The van der Waals surface area contributed by atoms with Crippen LogP contribution in [0.5, 0.6) is 0 Å². The number of non-ortho nitro benzene ring substituents is 1. The molecule has 0 aliphatic rings. The van der Waals surface area contributed by atoms with Gasteiger partial charge in [-0.05, 0) is 30.7 Å². The highest BCUT2D eigenvalue weighted by atomic mass is 35.5. The molecular formula is C19H26ClN5O6S. The van der Waals surface area contributed by atoms with Crippen LogP contribution >= 0.6 is 11.6 Å². The number of likely N-dealkylation sites (N-methyl/N-ethyl adjacent to an activating group) is 1. The highest BCUT2D eigenvalue weighted by Gasteiger charge is 2.10. The molecule has 1 unspecified atom stereocenters. The second-order valence-electron chi connectivity index (χ2n) is 7.80. The zero-order chi connectivity index (χ0) is 24.5. The van der Waals surface area contributed by atoms with E-state index in [2.05, 4.69) is 43.6 Å². The minimum atomic E-state index is -4.92. The van der Waals surface area contributed by atoms with Crippen molar-refractivity contribution in [3.8, 4) is 0 Å². The third-order valence-corrected chi connectivity index (χ3v) is 4.34. The summed E-state index contributed by atoms with van der Waals surface area (Å²) < 4.78 is 33.8. The molecule has 2 aromatic carbocycles. The Hall–Kier alpha value is -2.48. The van der Waals surface area contributed by atoms with E-state index in [1.807, 2.05) is 24.3 Å². The Labute approximate surface area is 192 Å². The van der Waals surface area contributed by atoms with Gasteiger partial charge in [-0.2, -0.15) is 5.11 Å². The average molecular weight is 488 g/mol. The summed E-state index contributed by atoms with van der Waals surface area (Å²) in [5.74, 6) is 0. The summed E-state index contributed by atoms with van der Waals surface area (Å²) in [6.45, 7) is 4.11. The van der Waals surface area contributed by atoms with E-state index >= 15 is 0 Å². The maximum absolute atomic E-state index is 10.7. The van der Waals surface area contributed by atoms with Crippen molar-refractivity contribution in [3.63, 3.8) is 0 Å². The Morgan fingerprint density at radius 3 is 2.19 bits per heavy atom. The van der Waals surface area contributed by atoms with Gasteiger partial charge < -0.3 is 14.4 Å². The standard InChI is InChI=1S/C19H25ClN5O2.H2O4S/c1-14(21-11-12-25(2,3)4)15-5-7-16(8-6-15)22-23-19-10-9-17(24(26)27)13-18(19)20;1-5(2,3)4/h5-10,13-14,21H,11-12H2,1-4H3;(H2,1,2,3,4)/q+1;/p-1. The number of azo groups is 1. The minimum absolute atomic E-state index is 0.0740. The first kappa shape index (κ1) is 27.6. The Morgan fingerprint density at radius 1 is 1.16 bits per heavy atom. The molecule has 32 heavy (non-hydrogen) atoms. The van der Waals surface area contributed by atoms with Gasteiger partial charge in [-0.25, -0.2) is 8.42 Å². The number of hydrogen-bond acceptors (Lipinski definition) is 8. The SMILES string of the molecule is CC(NCC[N+](C)(C)C)c1ccc(N=Nc2ccc([N+](=O)[O-])cc2Cl)cc1.O=S(=O)([O-])O. The van der Waals surface area contributed by atoms with Crippen LogP contribution in [0.15, 0.2) is 52.7 Å². The van der Waals surface area contributed by atoms with Crippen molar-refractivity contribution in [2.75, 3.05) is 34.2 Å². The number of nitro benzene ring substituents is 1. The summed E-state index contributed by atoms with van der Waals surface area (Å²) in [5.41, 5.74) is 2.17. The minimum Gasteiger partial charge on any atom is -0.726 e. The molecule has 0 spiro atoms. The van der Waals surface area contributed by atoms with Crippen molar-refractivity contribution in [2.45, 2.75) is 13.0 Å². The maximum atomic E-state index is 10.7. The largest absolute Gasteiger partial charge is 0.726 e. The molecular weight excluding hydrogens is 462 g/mol. The topological polar surface area (TPSA) is 157 Å². The monoisotopic (exact) mass is 487 g/mol. The quantitative estimate of drug-likeness (QED) is 0.142. The van der Waals surface area contributed by atoms with Crippen LogP contribution in [0, 0.1) is 10.1 Å². The molecule has 0 aromatic heterocycles.